The molecule has 2 N–H and O–H groups in total. The van der Waals surface area contributed by atoms with Crippen molar-refractivity contribution < 1.29 is 9.53 Å². The Bertz CT molecular complexity index is 743. The number of carbonyl (C=O) groups excluding carboxylic acids is 1. The monoisotopic (exact) mass is 343 g/mol. The van der Waals surface area contributed by atoms with Crippen molar-refractivity contribution in [2.24, 2.45) is 0 Å². The lowest BCUT2D eigenvalue weighted by Gasteiger charge is -2.35. The average molecular weight is 343 g/mol. The molecule has 0 radical (unpaired) electrons. The first-order valence-electron chi connectivity index (χ1n) is 9.19. The minimum atomic E-state index is 0.00358. The lowest BCUT2D eigenvalue weighted by atomic mass is 10.1. The van der Waals surface area contributed by atoms with Gasteiger partial charge in [-0.2, -0.15) is 0 Å². The van der Waals surface area contributed by atoms with Gasteiger partial charge in [-0.15, -0.1) is 0 Å². The summed E-state index contributed by atoms with van der Waals surface area (Å²) in [5, 5.41) is 4.17. The average Bonchev–Trinajstić information content (AvgIpc) is 2.85. The van der Waals surface area contributed by atoms with Crippen LogP contribution in [-0.4, -0.2) is 54.2 Å². The first kappa shape index (κ1) is 18.0. The van der Waals surface area contributed by atoms with E-state index in [1.54, 1.807) is 0 Å². The van der Waals surface area contributed by atoms with Crippen LogP contribution >= 0.6 is 0 Å². The molecule has 5 heteroatoms. The zero-order valence-electron chi connectivity index (χ0n) is 15.7. The second-order valence-corrected chi connectivity index (χ2v) is 7.26. The molecule has 0 aliphatic carbocycles. The summed E-state index contributed by atoms with van der Waals surface area (Å²) < 4.78 is 5.75. The van der Waals surface area contributed by atoms with Crippen LogP contribution in [0.1, 0.15) is 41.9 Å². The van der Waals surface area contributed by atoms with E-state index < -0.39 is 0 Å². The molecule has 0 spiro atoms. The molecule has 1 aliphatic heterocycles. The third-order valence-electron chi connectivity index (χ3n) is 5.00. The number of amides is 1. The summed E-state index contributed by atoms with van der Waals surface area (Å²) in [4.78, 5) is 18.2. The van der Waals surface area contributed by atoms with E-state index in [-0.39, 0.29) is 18.1 Å². The smallest absolute Gasteiger partial charge is 0.251 e. The van der Waals surface area contributed by atoms with E-state index in [1.165, 1.54) is 5.56 Å². The number of nitrogens with zero attached hydrogens (tertiary/aromatic N) is 1. The number of aryl methyl sites for hydroxylation is 2. The predicted molar refractivity (Wildman–Crippen MR) is 101 cm³/mol. The quantitative estimate of drug-likeness (QED) is 0.821. The van der Waals surface area contributed by atoms with Crippen LogP contribution in [0.5, 0.6) is 0 Å². The first-order chi connectivity index (χ1) is 11.9. The third-order valence-corrected chi connectivity index (χ3v) is 5.00. The number of aromatic nitrogens is 1. The summed E-state index contributed by atoms with van der Waals surface area (Å²) in [5.41, 5.74) is 4.17. The number of aromatic amines is 1. The number of morpholine rings is 1. The van der Waals surface area contributed by atoms with Crippen LogP contribution in [0.2, 0.25) is 0 Å². The van der Waals surface area contributed by atoms with Crippen molar-refractivity contribution in [3.63, 3.8) is 0 Å². The molecule has 1 aliphatic rings. The molecule has 136 valence electrons. The van der Waals surface area contributed by atoms with Gasteiger partial charge in [0.25, 0.3) is 5.91 Å². The molecule has 1 fully saturated rings. The van der Waals surface area contributed by atoms with Crippen LogP contribution in [0, 0.1) is 13.8 Å². The minimum Gasteiger partial charge on any atom is -0.373 e. The van der Waals surface area contributed by atoms with Crippen LogP contribution in [0.4, 0.5) is 0 Å². The number of rotatable bonds is 5. The van der Waals surface area contributed by atoms with Crippen molar-refractivity contribution in [1.29, 1.82) is 0 Å². The lowest BCUT2D eigenvalue weighted by Crippen LogP contribution is -2.46. The van der Waals surface area contributed by atoms with Gasteiger partial charge in [-0.25, -0.2) is 0 Å². The highest BCUT2D eigenvalue weighted by Crippen LogP contribution is 2.22. The van der Waals surface area contributed by atoms with Crippen molar-refractivity contribution in [2.45, 2.75) is 46.3 Å². The molecule has 1 amide bonds. The highest BCUT2D eigenvalue weighted by molar-refractivity contribution is 5.99. The van der Waals surface area contributed by atoms with Gasteiger partial charge in [0, 0.05) is 48.3 Å². The standard InChI is InChI=1S/C20H29N3O2/c1-13-11-23(12-14(2)25-13)9-5-8-21-20(24)17-6-7-19-18(10-17)15(3)16(4)22-19/h6-7,10,13-14,22H,5,8-9,11-12H2,1-4H3,(H,21,24). The topological polar surface area (TPSA) is 57.4 Å². The summed E-state index contributed by atoms with van der Waals surface area (Å²) in [7, 11) is 0. The van der Waals surface area contributed by atoms with E-state index in [4.69, 9.17) is 4.74 Å². The van der Waals surface area contributed by atoms with Gasteiger partial charge in [0.2, 0.25) is 0 Å². The maximum absolute atomic E-state index is 12.4. The first-order valence-corrected chi connectivity index (χ1v) is 9.19. The van der Waals surface area contributed by atoms with Crippen LogP contribution in [0.25, 0.3) is 10.9 Å². The van der Waals surface area contributed by atoms with E-state index in [2.05, 4.69) is 42.9 Å². The molecule has 1 saturated heterocycles. The Morgan fingerprint density at radius 2 is 2.00 bits per heavy atom. The largest absolute Gasteiger partial charge is 0.373 e. The summed E-state index contributed by atoms with van der Waals surface area (Å²) in [6, 6.07) is 5.86. The Balaban J connectivity index is 1.50. The lowest BCUT2D eigenvalue weighted by molar-refractivity contribution is -0.0679. The Hall–Kier alpha value is -1.85. The molecule has 2 atom stereocenters. The Labute approximate surface area is 149 Å². The second-order valence-electron chi connectivity index (χ2n) is 7.26. The SMILES string of the molecule is Cc1[nH]c2ccc(C(=O)NCCCN3CC(C)OC(C)C3)cc2c1C. The normalized spacial score (nSPS) is 21.6. The van der Waals surface area contributed by atoms with Gasteiger partial charge in [-0.1, -0.05) is 0 Å². The van der Waals surface area contributed by atoms with Crippen LogP contribution in [-0.2, 0) is 4.74 Å². The van der Waals surface area contributed by atoms with E-state index >= 15 is 0 Å². The Kier molecular flexibility index (Phi) is 5.45. The number of fused-ring (bicyclic) bond motifs is 1. The van der Waals surface area contributed by atoms with E-state index in [1.807, 2.05) is 18.2 Å². The van der Waals surface area contributed by atoms with Crippen molar-refractivity contribution in [2.75, 3.05) is 26.2 Å². The number of hydrogen-bond acceptors (Lipinski definition) is 3. The minimum absolute atomic E-state index is 0.00358. The highest BCUT2D eigenvalue weighted by Gasteiger charge is 2.21. The van der Waals surface area contributed by atoms with E-state index in [0.29, 0.717) is 6.54 Å². The number of ether oxygens (including phenoxy) is 1. The van der Waals surface area contributed by atoms with Crippen LogP contribution < -0.4 is 5.32 Å². The van der Waals surface area contributed by atoms with E-state index in [0.717, 1.165) is 48.2 Å². The zero-order chi connectivity index (χ0) is 18.0. The van der Waals surface area contributed by atoms with Crippen molar-refractivity contribution in [3.05, 3.63) is 35.0 Å². The number of hydrogen-bond donors (Lipinski definition) is 2. The fraction of sp³-hybridized carbons (Fsp3) is 0.550. The summed E-state index contributed by atoms with van der Waals surface area (Å²) >= 11 is 0. The summed E-state index contributed by atoms with van der Waals surface area (Å²) in [6.07, 6.45) is 1.53. The fourth-order valence-electron chi connectivity index (χ4n) is 3.68. The molecule has 3 rings (SSSR count). The Morgan fingerprint density at radius 3 is 2.72 bits per heavy atom. The van der Waals surface area contributed by atoms with Gasteiger partial charge in [0.05, 0.1) is 12.2 Å². The molecule has 1 aromatic heterocycles. The molecule has 0 bridgehead atoms. The molecule has 1 aromatic carbocycles. The third kappa shape index (κ3) is 4.22. The number of nitrogens with one attached hydrogen (secondary N) is 2. The molecule has 25 heavy (non-hydrogen) atoms. The maximum Gasteiger partial charge on any atom is 0.251 e. The van der Waals surface area contributed by atoms with Gasteiger partial charge in [-0.05, 0) is 57.9 Å². The predicted octanol–water partition coefficient (Wildman–Crippen LogP) is 3.01. The van der Waals surface area contributed by atoms with Gasteiger partial charge < -0.3 is 15.0 Å². The number of carbonyl (C=O) groups is 1. The van der Waals surface area contributed by atoms with Gasteiger partial charge in [0.1, 0.15) is 0 Å². The van der Waals surface area contributed by atoms with Crippen molar-refractivity contribution >= 4 is 16.8 Å². The van der Waals surface area contributed by atoms with Crippen LogP contribution in [0.15, 0.2) is 18.2 Å². The van der Waals surface area contributed by atoms with E-state index in [9.17, 15) is 4.79 Å². The molecule has 0 saturated carbocycles. The molecule has 2 aromatic rings. The molecular weight excluding hydrogens is 314 g/mol. The van der Waals surface area contributed by atoms with Gasteiger partial charge in [-0.3, -0.25) is 9.69 Å². The fourth-order valence-corrected chi connectivity index (χ4v) is 3.68. The second kappa shape index (κ2) is 7.58. The number of H-pyrrole nitrogens is 1. The molecular formula is C20H29N3O2. The summed E-state index contributed by atoms with van der Waals surface area (Å²) in [5.74, 6) is 0.00358. The molecule has 2 unspecified atom stereocenters. The maximum atomic E-state index is 12.4. The molecule has 5 nitrogen and oxygen atoms in total. The van der Waals surface area contributed by atoms with Crippen molar-refractivity contribution in [3.8, 4) is 0 Å². The summed E-state index contributed by atoms with van der Waals surface area (Å²) in [6.45, 7) is 12.0. The van der Waals surface area contributed by atoms with Crippen molar-refractivity contribution in [1.82, 2.24) is 15.2 Å². The molecule has 2 heterocycles. The Morgan fingerprint density at radius 1 is 1.28 bits per heavy atom. The van der Waals surface area contributed by atoms with Gasteiger partial charge in [0.15, 0.2) is 0 Å². The highest BCUT2D eigenvalue weighted by atomic mass is 16.5. The number of benzene rings is 1. The van der Waals surface area contributed by atoms with Crippen LogP contribution in [0.3, 0.4) is 0 Å². The van der Waals surface area contributed by atoms with Gasteiger partial charge >= 0.3 is 0 Å². The zero-order valence-corrected chi connectivity index (χ0v) is 15.7.